The highest BCUT2D eigenvalue weighted by Gasteiger charge is 2.53. The summed E-state index contributed by atoms with van der Waals surface area (Å²) < 4.78 is 5.40. The first-order valence-electron chi connectivity index (χ1n) is 10.3. The average Bonchev–Trinajstić information content (AvgIpc) is 3.27. The molecule has 1 aliphatic heterocycles. The first-order chi connectivity index (χ1) is 13.6. The monoisotopic (exact) mass is 406 g/mol. The maximum Gasteiger partial charge on any atom is 0.185 e. The third-order valence-electron chi connectivity index (χ3n) is 6.53. The summed E-state index contributed by atoms with van der Waals surface area (Å²) in [5.41, 5.74) is 4.42. The van der Waals surface area contributed by atoms with Crippen LogP contribution in [0.2, 0.25) is 0 Å². The van der Waals surface area contributed by atoms with E-state index in [0.29, 0.717) is 36.3 Å². The van der Waals surface area contributed by atoms with E-state index >= 15 is 0 Å². The predicted octanol–water partition coefficient (Wildman–Crippen LogP) is 0.722. The fourth-order valence-corrected chi connectivity index (χ4v) is 5.21. The van der Waals surface area contributed by atoms with Crippen molar-refractivity contribution in [1.82, 2.24) is 4.90 Å². The smallest absolute Gasteiger partial charge is 0.185 e. The largest absolute Gasteiger partial charge is 0.476 e. The Labute approximate surface area is 172 Å². The normalized spacial score (nSPS) is 37.9. The van der Waals surface area contributed by atoms with E-state index in [4.69, 9.17) is 10.5 Å². The van der Waals surface area contributed by atoms with Crippen LogP contribution >= 0.6 is 0 Å². The Balaban J connectivity index is 1.63. The molecule has 0 aromatic rings. The lowest BCUT2D eigenvalue weighted by molar-refractivity contribution is -0.111. The molecule has 0 saturated heterocycles. The highest BCUT2D eigenvalue weighted by Crippen LogP contribution is 2.53. The van der Waals surface area contributed by atoms with Crippen molar-refractivity contribution < 1.29 is 19.7 Å². The first-order valence-corrected chi connectivity index (χ1v) is 10.3. The van der Waals surface area contributed by atoms with Gasteiger partial charge >= 0.3 is 0 Å². The lowest BCUT2D eigenvalue weighted by Crippen LogP contribution is -2.39. The first kappa shape index (κ1) is 21.8. The quantitative estimate of drug-likeness (QED) is 0.325. The summed E-state index contributed by atoms with van der Waals surface area (Å²) >= 11 is 0. The van der Waals surface area contributed by atoms with Gasteiger partial charge in [0.1, 0.15) is 24.5 Å². The molecule has 2 saturated carbocycles. The van der Waals surface area contributed by atoms with Crippen molar-refractivity contribution in [2.75, 3.05) is 20.7 Å². The SMILES string of the molecule is CN=C(/C=C(\N)OCC(C)(C)O)C1(O)CC2CC(C3N=CN(C)C3C=O)CC2C1. The van der Waals surface area contributed by atoms with Gasteiger partial charge in [0, 0.05) is 20.2 Å². The topological polar surface area (TPSA) is 121 Å². The van der Waals surface area contributed by atoms with Crippen molar-refractivity contribution >= 4 is 18.3 Å². The maximum atomic E-state index is 11.5. The third kappa shape index (κ3) is 4.64. The van der Waals surface area contributed by atoms with E-state index in [1.54, 1.807) is 33.3 Å². The zero-order valence-electron chi connectivity index (χ0n) is 17.8. The molecule has 0 aromatic carbocycles. The van der Waals surface area contributed by atoms with Crippen LogP contribution in [-0.2, 0) is 9.53 Å². The standard InChI is InChI=1S/C21H34N4O4/c1-20(2,27)11-29-18(22)7-17(23-3)21(28)8-14-5-13(6-15(14)9-21)19-16(10-26)25(4)12-24-19/h7,10,12-16,19,27-28H,5-6,8-9,11,22H2,1-4H3/b18-7+,23-17?. The summed E-state index contributed by atoms with van der Waals surface area (Å²) in [7, 11) is 3.53. The van der Waals surface area contributed by atoms with Gasteiger partial charge in [-0.15, -0.1) is 0 Å². The lowest BCUT2D eigenvalue weighted by Gasteiger charge is -2.28. The molecule has 2 fully saturated rings. The molecule has 0 amide bonds. The van der Waals surface area contributed by atoms with Crippen molar-refractivity contribution in [1.29, 1.82) is 0 Å². The van der Waals surface area contributed by atoms with Gasteiger partial charge in [-0.25, -0.2) is 0 Å². The molecule has 4 unspecified atom stereocenters. The van der Waals surface area contributed by atoms with E-state index in [1.165, 1.54) is 0 Å². The summed E-state index contributed by atoms with van der Waals surface area (Å²) in [5.74, 6) is 1.25. The number of aliphatic imine (C=N–C) groups is 2. The van der Waals surface area contributed by atoms with Crippen molar-refractivity contribution in [3.8, 4) is 0 Å². The maximum absolute atomic E-state index is 11.5. The molecule has 4 atom stereocenters. The minimum absolute atomic E-state index is 0.0151. The van der Waals surface area contributed by atoms with Crippen molar-refractivity contribution in [3.63, 3.8) is 0 Å². The van der Waals surface area contributed by atoms with Gasteiger partial charge in [0.2, 0.25) is 0 Å². The number of likely N-dealkylation sites (N-methyl/N-ethyl adjacent to an activating group) is 1. The van der Waals surface area contributed by atoms with Gasteiger partial charge in [-0.2, -0.15) is 0 Å². The number of hydrogen-bond acceptors (Lipinski definition) is 8. The molecule has 0 bridgehead atoms. The molecule has 8 heteroatoms. The molecule has 29 heavy (non-hydrogen) atoms. The van der Waals surface area contributed by atoms with Crippen LogP contribution in [0.1, 0.15) is 39.5 Å². The summed E-state index contributed by atoms with van der Waals surface area (Å²) in [4.78, 5) is 22.2. The molecule has 1 heterocycles. The van der Waals surface area contributed by atoms with Crippen molar-refractivity contribution in [2.45, 2.75) is 62.8 Å². The molecule has 0 aromatic heterocycles. The summed E-state index contributed by atoms with van der Waals surface area (Å²) in [6.45, 7) is 3.34. The van der Waals surface area contributed by atoms with E-state index in [1.807, 2.05) is 11.9 Å². The van der Waals surface area contributed by atoms with E-state index in [9.17, 15) is 15.0 Å². The van der Waals surface area contributed by atoms with Gasteiger partial charge in [-0.3, -0.25) is 9.98 Å². The lowest BCUT2D eigenvalue weighted by atomic mass is 9.86. The summed E-state index contributed by atoms with van der Waals surface area (Å²) in [6.07, 6.45) is 7.48. The fourth-order valence-electron chi connectivity index (χ4n) is 5.21. The van der Waals surface area contributed by atoms with Gasteiger partial charge in [-0.1, -0.05) is 0 Å². The number of hydrogen-bond donors (Lipinski definition) is 3. The zero-order chi connectivity index (χ0) is 21.4. The Bertz CT molecular complexity index is 698. The molecular weight excluding hydrogens is 372 g/mol. The number of fused-ring (bicyclic) bond motifs is 1. The minimum atomic E-state index is -1.03. The van der Waals surface area contributed by atoms with Crippen LogP contribution in [-0.4, -0.2) is 77.4 Å². The molecule has 3 rings (SSSR count). The van der Waals surface area contributed by atoms with Gasteiger partial charge in [0.15, 0.2) is 5.88 Å². The van der Waals surface area contributed by atoms with Gasteiger partial charge in [0.05, 0.1) is 23.7 Å². The van der Waals surface area contributed by atoms with Gasteiger partial charge in [-0.05, 0) is 57.3 Å². The number of rotatable bonds is 7. The Kier molecular flexibility index (Phi) is 6.06. The van der Waals surface area contributed by atoms with Crippen LogP contribution in [0.3, 0.4) is 0 Å². The van der Waals surface area contributed by atoms with E-state index < -0.39 is 11.2 Å². The van der Waals surface area contributed by atoms with Crippen LogP contribution in [0.25, 0.3) is 0 Å². The number of nitrogens with zero attached hydrogens (tertiary/aromatic N) is 3. The molecule has 4 N–H and O–H groups in total. The number of carbonyl (C=O) groups is 1. The van der Waals surface area contributed by atoms with Crippen LogP contribution in [0.4, 0.5) is 0 Å². The molecular formula is C21H34N4O4. The van der Waals surface area contributed by atoms with Crippen LogP contribution < -0.4 is 5.73 Å². The third-order valence-corrected chi connectivity index (χ3v) is 6.53. The Hall–Kier alpha value is -1.93. The Morgan fingerprint density at radius 1 is 1.38 bits per heavy atom. The Morgan fingerprint density at radius 3 is 2.52 bits per heavy atom. The molecule has 0 radical (unpaired) electrons. The zero-order valence-corrected chi connectivity index (χ0v) is 17.8. The fraction of sp³-hybridized carbons (Fsp3) is 0.762. The van der Waals surface area contributed by atoms with E-state index in [2.05, 4.69) is 9.98 Å². The summed E-state index contributed by atoms with van der Waals surface area (Å²) in [5, 5.41) is 21.1. The van der Waals surface area contributed by atoms with Crippen LogP contribution in [0, 0.1) is 17.8 Å². The van der Waals surface area contributed by atoms with Gasteiger partial charge < -0.3 is 30.4 Å². The Morgan fingerprint density at radius 2 is 2.00 bits per heavy atom. The highest BCUT2D eigenvalue weighted by atomic mass is 16.5. The molecule has 162 valence electrons. The van der Waals surface area contributed by atoms with Crippen molar-refractivity contribution in [3.05, 3.63) is 12.0 Å². The number of nitrogens with two attached hydrogens (primary N) is 1. The van der Waals surface area contributed by atoms with Crippen LogP contribution in [0.5, 0.6) is 0 Å². The summed E-state index contributed by atoms with van der Waals surface area (Å²) in [6, 6.07) is -0.164. The second-order valence-corrected chi connectivity index (χ2v) is 9.50. The second-order valence-electron chi connectivity index (χ2n) is 9.50. The van der Waals surface area contributed by atoms with Crippen LogP contribution in [0.15, 0.2) is 21.9 Å². The molecule has 8 nitrogen and oxygen atoms in total. The predicted molar refractivity (Wildman–Crippen MR) is 112 cm³/mol. The van der Waals surface area contributed by atoms with E-state index in [-0.39, 0.29) is 24.6 Å². The number of aliphatic hydroxyl groups is 2. The molecule has 0 spiro atoms. The molecule has 2 aliphatic carbocycles. The van der Waals surface area contributed by atoms with Gasteiger partial charge in [0.25, 0.3) is 0 Å². The minimum Gasteiger partial charge on any atom is -0.476 e. The molecule has 3 aliphatic rings. The number of carbonyl (C=O) groups excluding carboxylic acids is 1. The number of aldehydes is 1. The number of ether oxygens (including phenoxy) is 1. The van der Waals surface area contributed by atoms with Crippen molar-refractivity contribution in [2.24, 2.45) is 33.5 Å². The highest BCUT2D eigenvalue weighted by molar-refractivity contribution is 6.02. The average molecular weight is 407 g/mol. The second kappa shape index (κ2) is 8.07. The van der Waals surface area contributed by atoms with E-state index in [0.717, 1.165) is 19.1 Å².